The van der Waals surface area contributed by atoms with Gasteiger partial charge in [-0.1, -0.05) is 13.0 Å². The van der Waals surface area contributed by atoms with Gasteiger partial charge in [0.15, 0.2) is 0 Å². The lowest BCUT2D eigenvalue weighted by atomic mass is 10.0. The highest BCUT2D eigenvalue weighted by Gasteiger charge is 2.26. The number of amides is 1. The van der Waals surface area contributed by atoms with Crippen LogP contribution in [0.15, 0.2) is 42.5 Å². The number of fused-ring (bicyclic) bond motifs is 1. The van der Waals surface area contributed by atoms with Crippen LogP contribution in [-0.2, 0) is 27.7 Å². The van der Waals surface area contributed by atoms with E-state index in [1.54, 1.807) is 12.1 Å². The van der Waals surface area contributed by atoms with Gasteiger partial charge < -0.3 is 10.1 Å². The summed E-state index contributed by atoms with van der Waals surface area (Å²) in [5.74, 6) is -0.637. The van der Waals surface area contributed by atoms with Crippen molar-refractivity contribution in [3.05, 3.63) is 64.7 Å². The van der Waals surface area contributed by atoms with Gasteiger partial charge in [-0.2, -0.15) is 4.31 Å². The Morgan fingerprint density at radius 1 is 1.07 bits per heavy atom. The molecule has 0 radical (unpaired) electrons. The van der Waals surface area contributed by atoms with Gasteiger partial charge in [-0.15, -0.1) is 0 Å². The van der Waals surface area contributed by atoms with E-state index in [1.807, 2.05) is 25.1 Å². The minimum atomic E-state index is -3.26. The second-order valence-corrected chi connectivity index (χ2v) is 8.99. The van der Waals surface area contributed by atoms with E-state index in [0.717, 1.165) is 11.1 Å². The molecule has 0 aliphatic carbocycles. The summed E-state index contributed by atoms with van der Waals surface area (Å²) >= 11 is 0. The van der Waals surface area contributed by atoms with Crippen LogP contribution < -0.4 is 5.32 Å². The van der Waals surface area contributed by atoms with E-state index in [4.69, 9.17) is 0 Å². The quantitative estimate of drug-likeness (QED) is 0.731. The van der Waals surface area contributed by atoms with Gasteiger partial charge >= 0.3 is 5.97 Å². The smallest absolute Gasteiger partial charge is 0.337 e. The number of ether oxygens (including phenoxy) is 1. The van der Waals surface area contributed by atoms with Crippen molar-refractivity contribution < 1.29 is 22.7 Å². The predicted octanol–water partition coefficient (Wildman–Crippen LogP) is 2.82. The van der Waals surface area contributed by atoms with Crippen LogP contribution in [0, 0.1) is 0 Å². The Morgan fingerprint density at radius 2 is 1.76 bits per heavy atom. The molecule has 0 unspecified atom stereocenters. The Labute approximate surface area is 170 Å². The molecule has 29 heavy (non-hydrogen) atoms. The molecule has 0 spiro atoms. The maximum atomic E-state index is 12.5. The molecule has 1 N–H and O–H groups in total. The average Bonchev–Trinajstić information content (AvgIpc) is 2.72. The summed E-state index contributed by atoms with van der Waals surface area (Å²) in [4.78, 5) is 24.0. The van der Waals surface area contributed by atoms with E-state index in [9.17, 15) is 18.0 Å². The fourth-order valence-electron chi connectivity index (χ4n) is 3.31. The Kier molecular flexibility index (Phi) is 6.34. The van der Waals surface area contributed by atoms with Gasteiger partial charge in [0.2, 0.25) is 10.0 Å². The maximum Gasteiger partial charge on any atom is 0.337 e. The van der Waals surface area contributed by atoms with E-state index >= 15 is 0 Å². The van der Waals surface area contributed by atoms with Gasteiger partial charge in [-0.25, -0.2) is 13.2 Å². The number of rotatable bonds is 6. The zero-order valence-electron chi connectivity index (χ0n) is 16.5. The molecule has 1 heterocycles. The van der Waals surface area contributed by atoms with Crippen molar-refractivity contribution in [3.8, 4) is 0 Å². The maximum absolute atomic E-state index is 12.5. The number of nitrogens with one attached hydrogen (secondary N) is 1. The van der Waals surface area contributed by atoms with Crippen LogP contribution in [0.5, 0.6) is 0 Å². The molecule has 7 nitrogen and oxygen atoms in total. The van der Waals surface area contributed by atoms with Crippen molar-refractivity contribution in [2.75, 3.05) is 24.7 Å². The van der Waals surface area contributed by atoms with Crippen LogP contribution in [0.4, 0.5) is 5.69 Å². The minimum Gasteiger partial charge on any atom is -0.465 e. The number of anilines is 1. The van der Waals surface area contributed by atoms with E-state index in [1.165, 1.54) is 23.5 Å². The molecule has 2 aromatic carbocycles. The summed E-state index contributed by atoms with van der Waals surface area (Å²) in [6.45, 7) is 2.64. The molecule has 0 aromatic heterocycles. The largest absolute Gasteiger partial charge is 0.465 e. The second-order valence-electron chi connectivity index (χ2n) is 6.91. The monoisotopic (exact) mass is 416 g/mol. The Bertz CT molecular complexity index is 1020. The van der Waals surface area contributed by atoms with Crippen molar-refractivity contribution in [1.29, 1.82) is 0 Å². The molecule has 3 rings (SSSR count). The molecule has 0 saturated carbocycles. The van der Waals surface area contributed by atoms with Crippen LogP contribution >= 0.6 is 0 Å². The number of methoxy groups -OCH3 is 1. The van der Waals surface area contributed by atoms with E-state index in [2.05, 4.69) is 10.1 Å². The third-order valence-corrected chi connectivity index (χ3v) is 6.89. The van der Waals surface area contributed by atoms with E-state index in [0.29, 0.717) is 42.7 Å². The number of nitrogens with zero attached hydrogens (tertiary/aromatic N) is 1. The third kappa shape index (κ3) is 4.83. The van der Waals surface area contributed by atoms with Crippen molar-refractivity contribution in [1.82, 2.24) is 4.31 Å². The Morgan fingerprint density at radius 3 is 2.41 bits per heavy atom. The fraction of sp³-hybridized carbons (Fsp3) is 0.333. The third-order valence-electron chi connectivity index (χ3n) is 4.87. The first-order valence-corrected chi connectivity index (χ1v) is 11.0. The van der Waals surface area contributed by atoms with Crippen molar-refractivity contribution in [2.45, 2.75) is 26.3 Å². The molecular weight excluding hydrogens is 392 g/mol. The first kappa shape index (κ1) is 21.0. The van der Waals surface area contributed by atoms with Crippen LogP contribution in [0.3, 0.4) is 0 Å². The zero-order chi connectivity index (χ0) is 21.0. The first-order chi connectivity index (χ1) is 13.8. The van der Waals surface area contributed by atoms with Crippen molar-refractivity contribution in [2.24, 2.45) is 0 Å². The molecule has 0 saturated heterocycles. The number of sulfonamides is 1. The number of esters is 1. The Hall–Kier alpha value is -2.71. The van der Waals surface area contributed by atoms with Crippen LogP contribution in [0.1, 0.15) is 45.2 Å². The first-order valence-electron chi connectivity index (χ1n) is 9.43. The standard InChI is InChI=1S/C21H24N2O5S/c1-3-12-29(26,27)23-11-10-15-8-9-19(13-18(15)14-23)22-20(24)16-4-6-17(7-5-16)21(25)28-2/h4-9,13H,3,10-12,14H2,1-2H3,(H,22,24). The SMILES string of the molecule is CCCS(=O)(=O)N1CCc2ccc(NC(=O)c3ccc(C(=O)OC)cc3)cc2C1. The molecule has 1 amide bonds. The molecule has 2 aromatic rings. The van der Waals surface area contributed by atoms with Crippen LogP contribution in [-0.4, -0.2) is 44.0 Å². The van der Waals surface area contributed by atoms with Crippen LogP contribution in [0.2, 0.25) is 0 Å². The summed E-state index contributed by atoms with van der Waals surface area (Å²) in [6, 6.07) is 11.7. The molecular formula is C21H24N2O5S. The molecule has 0 atom stereocenters. The molecule has 0 bridgehead atoms. The number of carbonyl (C=O) groups is 2. The lowest BCUT2D eigenvalue weighted by Gasteiger charge is -2.28. The van der Waals surface area contributed by atoms with Gasteiger partial charge in [0.25, 0.3) is 5.91 Å². The van der Waals surface area contributed by atoms with Gasteiger partial charge in [0.05, 0.1) is 18.4 Å². The molecule has 154 valence electrons. The van der Waals surface area contributed by atoms with E-state index in [-0.39, 0.29) is 11.7 Å². The molecule has 1 aliphatic rings. The number of carbonyl (C=O) groups excluding carboxylic acids is 2. The normalized spacial score (nSPS) is 14.1. The van der Waals surface area contributed by atoms with Crippen molar-refractivity contribution in [3.63, 3.8) is 0 Å². The summed E-state index contributed by atoms with van der Waals surface area (Å²) in [5.41, 5.74) is 3.36. The molecule has 8 heteroatoms. The summed E-state index contributed by atoms with van der Waals surface area (Å²) in [7, 11) is -1.96. The number of benzene rings is 2. The van der Waals surface area contributed by atoms with Gasteiger partial charge in [0.1, 0.15) is 0 Å². The van der Waals surface area contributed by atoms with Crippen molar-refractivity contribution >= 4 is 27.6 Å². The second kappa shape index (κ2) is 8.75. The highest BCUT2D eigenvalue weighted by Crippen LogP contribution is 2.25. The summed E-state index contributed by atoms with van der Waals surface area (Å²) in [5, 5.41) is 2.83. The molecule has 0 fully saturated rings. The number of hydrogen-bond donors (Lipinski definition) is 1. The fourth-order valence-corrected chi connectivity index (χ4v) is 4.79. The minimum absolute atomic E-state index is 0.139. The lowest BCUT2D eigenvalue weighted by molar-refractivity contribution is 0.0600. The average molecular weight is 416 g/mol. The lowest BCUT2D eigenvalue weighted by Crippen LogP contribution is -2.37. The molecule has 1 aliphatic heterocycles. The Balaban J connectivity index is 1.73. The van der Waals surface area contributed by atoms with Gasteiger partial charge in [0, 0.05) is 24.3 Å². The highest BCUT2D eigenvalue weighted by molar-refractivity contribution is 7.89. The summed E-state index contributed by atoms with van der Waals surface area (Å²) < 4.78 is 30.9. The summed E-state index contributed by atoms with van der Waals surface area (Å²) in [6.07, 6.45) is 1.23. The highest BCUT2D eigenvalue weighted by atomic mass is 32.2. The van der Waals surface area contributed by atoms with Crippen LogP contribution in [0.25, 0.3) is 0 Å². The zero-order valence-corrected chi connectivity index (χ0v) is 17.3. The van der Waals surface area contributed by atoms with E-state index < -0.39 is 16.0 Å². The predicted molar refractivity (Wildman–Crippen MR) is 110 cm³/mol. The van der Waals surface area contributed by atoms with Gasteiger partial charge in [-0.05, 0) is 60.4 Å². The van der Waals surface area contributed by atoms with Gasteiger partial charge in [-0.3, -0.25) is 4.79 Å². The topological polar surface area (TPSA) is 92.8 Å². The number of hydrogen-bond acceptors (Lipinski definition) is 5.